The van der Waals surface area contributed by atoms with Gasteiger partial charge in [-0.3, -0.25) is 5.10 Å². The number of H-pyrrole nitrogens is 1. The Kier molecular flexibility index (Phi) is 5.74. The summed E-state index contributed by atoms with van der Waals surface area (Å²) in [5.41, 5.74) is -6.68. The lowest BCUT2D eigenvalue weighted by Gasteiger charge is -2.17. The van der Waals surface area contributed by atoms with Crippen LogP contribution in [0.25, 0.3) is 10.9 Å². The summed E-state index contributed by atoms with van der Waals surface area (Å²) in [4.78, 5) is -1.42. The highest BCUT2D eigenvalue weighted by Gasteiger charge is 2.55. The number of nitrogens with zero attached hydrogens (tertiary/aromatic N) is 1. The zero-order valence-electron chi connectivity index (χ0n) is 16.2. The molecule has 4 rings (SSSR count). The van der Waals surface area contributed by atoms with Crippen LogP contribution in [0.15, 0.2) is 41.4 Å². The maximum atomic E-state index is 14.1. The van der Waals surface area contributed by atoms with Crippen molar-refractivity contribution in [3.05, 3.63) is 47.7 Å². The van der Waals surface area contributed by atoms with Crippen molar-refractivity contribution in [2.45, 2.75) is 42.7 Å². The van der Waals surface area contributed by atoms with Crippen molar-refractivity contribution in [3.63, 3.8) is 0 Å². The lowest BCUT2D eigenvalue weighted by molar-refractivity contribution is -0.0978. The van der Waals surface area contributed by atoms with Gasteiger partial charge in [0.25, 0.3) is 15.8 Å². The van der Waals surface area contributed by atoms with Gasteiger partial charge in [0.15, 0.2) is 0 Å². The van der Waals surface area contributed by atoms with E-state index in [9.17, 15) is 35.5 Å². The molecule has 0 fully saturated rings. The molecule has 2 N–H and O–H groups in total. The third-order valence-corrected chi connectivity index (χ3v) is 6.16. The molecule has 31 heavy (non-hydrogen) atoms. The maximum absolute atomic E-state index is 14.1. The summed E-state index contributed by atoms with van der Waals surface area (Å²) >= 11 is 0. The molecule has 0 amide bonds. The summed E-state index contributed by atoms with van der Waals surface area (Å²) < 4.78 is 96.5. The van der Waals surface area contributed by atoms with Gasteiger partial charge in [-0.1, -0.05) is 19.9 Å². The van der Waals surface area contributed by atoms with Crippen LogP contribution in [-0.2, 0) is 16.3 Å². The molecule has 6 nitrogen and oxygen atoms in total. The van der Waals surface area contributed by atoms with E-state index in [0.29, 0.717) is 17.0 Å². The maximum Gasteiger partial charge on any atom is 0.501 e. The molecular weight excluding hydrogens is 447 g/mol. The summed E-state index contributed by atoms with van der Waals surface area (Å²) in [6.45, 7) is 4.00. The van der Waals surface area contributed by atoms with Crippen LogP contribution in [0, 0.1) is 0 Å². The molecule has 1 atom stereocenters. The van der Waals surface area contributed by atoms with Crippen molar-refractivity contribution in [3.8, 4) is 11.5 Å². The second-order valence-electron chi connectivity index (χ2n) is 6.43. The largest absolute Gasteiger partial charge is 0.501 e. The van der Waals surface area contributed by atoms with Crippen LogP contribution in [0.2, 0.25) is 0 Å². The van der Waals surface area contributed by atoms with E-state index in [-0.39, 0.29) is 11.5 Å². The van der Waals surface area contributed by atoms with Gasteiger partial charge in [0.05, 0.1) is 22.0 Å². The fourth-order valence-electron chi connectivity index (χ4n) is 3.25. The number of hydrogen-bond donors (Lipinski definition) is 2. The normalized spacial score (nSPS) is 17.7. The van der Waals surface area contributed by atoms with Crippen LogP contribution in [0.1, 0.15) is 31.1 Å². The first kappa shape index (κ1) is 22.9. The van der Waals surface area contributed by atoms with E-state index in [1.165, 1.54) is 12.3 Å². The Hall–Kier alpha value is -2.73. The van der Waals surface area contributed by atoms with E-state index < -0.39 is 49.8 Å². The second-order valence-corrected chi connectivity index (χ2v) is 8.34. The fraction of sp³-hybridized carbons (Fsp3) is 0.316. The topological polar surface area (TPSA) is 92.3 Å². The Labute approximate surface area is 173 Å². The lowest BCUT2D eigenvalue weighted by Crippen LogP contribution is -2.26. The van der Waals surface area contributed by atoms with Gasteiger partial charge in [-0.2, -0.15) is 18.3 Å². The molecule has 1 unspecified atom stereocenters. The number of ether oxygens (including phenoxy) is 1. The summed E-state index contributed by atoms with van der Waals surface area (Å²) in [6, 6.07) is 6.09. The number of hydrogen-bond acceptors (Lipinski definition) is 5. The first-order valence-electron chi connectivity index (χ1n) is 9.06. The van der Waals surface area contributed by atoms with Gasteiger partial charge >= 0.3 is 5.51 Å². The molecule has 12 heteroatoms. The molecule has 0 bridgehead atoms. The number of aliphatic hydroxyl groups is 1. The zero-order chi connectivity index (χ0) is 23.2. The lowest BCUT2D eigenvalue weighted by atomic mass is 10.1. The molecule has 0 saturated heterocycles. The molecular formula is C19H17F5N2O4S. The van der Waals surface area contributed by atoms with Gasteiger partial charge in [0.2, 0.25) is 0 Å². The van der Waals surface area contributed by atoms with E-state index >= 15 is 0 Å². The first-order valence-corrected chi connectivity index (χ1v) is 10.5. The van der Waals surface area contributed by atoms with Crippen LogP contribution < -0.4 is 4.74 Å². The SMILES string of the molecule is CC.O=S(=O)(c1ccc(Oc2cccc3[nH]ncc23)c2c1C(O)C(F)(F)C2)C(F)(F)F. The molecule has 3 aromatic rings. The summed E-state index contributed by atoms with van der Waals surface area (Å²) in [5, 5.41) is 16.9. The van der Waals surface area contributed by atoms with Crippen LogP contribution in [0.5, 0.6) is 11.5 Å². The highest BCUT2D eigenvalue weighted by molar-refractivity contribution is 7.92. The van der Waals surface area contributed by atoms with Gasteiger partial charge in [0.1, 0.15) is 17.6 Å². The number of benzene rings is 2. The van der Waals surface area contributed by atoms with Crippen LogP contribution >= 0.6 is 0 Å². The van der Waals surface area contributed by atoms with Gasteiger partial charge < -0.3 is 9.84 Å². The molecule has 0 radical (unpaired) electrons. The quantitative estimate of drug-likeness (QED) is 0.538. The Bertz CT molecular complexity index is 1220. The third-order valence-electron chi connectivity index (χ3n) is 4.62. The van der Waals surface area contributed by atoms with E-state index in [4.69, 9.17) is 4.74 Å². The molecule has 168 valence electrons. The molecule has 1 aromatic heterocycles. The number of nitrogens with one attached hydrogen (secondary N) is 1. The molecule has 1 aliphatic carbocycles. The number of fused-ring (bicyclic) bond motifs is 2. The van der Waals surface area contributed by atoms with Crippen molar-refractivity contribution in [2.24, 2.45) is 0 Å². The first-order chi connectivity index (χ1) is 14.4. The van der Waals surface area contributed by atoms with E-state index in [1.807, 2.05) is 13.8 Å². The zero-order valence-corrected chi connectivity index (χ0v) is 17.0. The molecule has 2 aromatic carbocycles. The Balaban J connectivity index is 0.00000132. The van der Waals surface area contributed by atoms with Crippen molar-refractivity contribution in [1.82, 2.24) is 10.2 Å². The van der Waals surface area contributed by atoms with E-state index in [1.54, 1.807) is 12.1 Å². The minimum absolute atomic E-state index is 0.162. The van der Waals surface area contributed by atoms with Crippen LogP contribution in [-0.4, -0.2) is 35.2 Å². The Morgan fingerprint density at radius 1 is 1.16 bits per heavy atom. The summed E-state index contributed by atoms with van der Waals surface area (Å²) in [5.74, 6) is -3.99. The molecule has 1 aliphatic rings. The van der Waals surface area contributed by atoms with Gasteiger partial charge in [-0.15, -0.1) is 0 Å². The van der Waals surface area contributed by atoms with E-state index in [2.05, 4.69) is 10.2 Å². The predicted molar refractivity (Wildman–Crippen MR) is 101 cm³/mol. The average molecular weight is 464 g/mol. The van der Waals surface area contributed by atoms with Crippen LogP contribution in [0.4, 0.5) is 22.0 Å². The standard InChI is InChI=1S/C17H11F5N2O4S.C2H6/c18-16(19)6-8-12(28-11-3-1-2-10-9(11)7-23-24-10)4-5-13(14(8)15(16)25)29(26,27)17(20,21)22;1-2/h1-5,7,15,25H,6H2,(H,23,24);1-2H3. The smallest absolute Gasteiger partial charge is 0.456 e. The highest BCUT2D eigenvalue weighted by Crippen LogP contribution is 2.51. The number of rotatable bonds is 3. The average Bonchev–Trinajstić information content (AvgIpc) is 3.27. The van der Waals surface area contributed by atoms with Crippen LogP contribution in [0.3, 0.4) is 0 Å². The number of halogens is 5. The van der Waals surface area contributed by atoms with E-state index in [0.717, 1.165) is 6.07 Å². The summed E-state index contributed by atoms with van der Waals surface area (Å²) in [7, 11) is -5.96. The number of aliphatic hydroxyl groups excluding tert-OH is 1. The fourth-order valence-corrected chi connectivity index (χ4v) is 4.27. The summed E-state index contributed by atoms with van der Waals surface area (Å²) in [6.07, 6.45) is -2.50. The van der Waals surface area contributed by atoms with Crippen molar-refractivity contribution in [2.75, 3.05) is 0 Å². The molecule has 1 heterocycles. The minimum atomic E-state index is -5.96. The third kappa shape index (κ3) is 3.74. The predicted octanol–water partition coefficient (Wildman–Crippen LogP) is 4.90. The van der Waals surface area contributed by atoms with Crippen molar-refractivity contribution >= 4 is 20.7 Å². The van der Waals surface area contributed by atoms with Gasteiger partial charge in [-0.05, 0) is 24.3 Å². The Morgan fingerprint density at radius 2 is 1.84 bits per heavy atom. The number of sulfone groups is 1. The van der Waals surface area contributed by atoms with Crippen molar-refractivity contribution < 1.29 is 40.2 Å². The monoisotopic (exact) mass is 464 g/mol. The highest BCUT2D eigenvalue weighted by atomic mass is 32.2. The Morgan fingerprint density at radius 3 is 2.48 bits per heavy atom. The van der Waals surface area contributed by atoms with Gasteiger partial charge in [0, 0.05) is 17.5 Å². The molecule has 0 aliphatic heterocycles. The minimum Gasteiger partial charge on any atom is -0.456 e. The number of alkyl halides is 5. The molecule has 0 saturated carbocycles. The van der Waals surface area contributed by atoms with Crippen molar-refractivity contribution in [1.29, 1.82) is 0 Å². The van der Waals surface area contributed by atoms with Gasteiger partial charge in [-0.25, -0.2) is 17.2 Å². The number of aromatic nitrogens is 2. The molecule has 0 spiro atoms. The second kappa shape index (κ2) is 7.75. The number of aromatic amines is 1.